The van der Waals surface area contributed by atoms with E-state index in [0.717, 1.165) is 61.3 Å². The van der Waals surface area contributed by atoms with Gasteiger partial charge in [-0.25, -0.2) is 0 Å². The third kappa shape index (κ3) is 3.51. The van der Waals surface area contributed by atoms with Crippen LogP contribution < -0.4 is 0 Å². The standard InChI is InChI=1S/C21H28N2O3/c1-15-6-7-18-16(2)20(26-19(18)12-15)21(24)23-10-5-11-25-17(14-23)13-22-8-3-4-9-22/h6-7,12,17H,3-5,8-11,13-14H2,1-2H3/t17-/m0/s1. The van der Waals surface area contributed by atoms with Gasteiger partial charge in [0.25, 0.3) is 5.91 Å². The van der Waals surface area contributed by atoms with E-state index in [0.29, 0.717) is 12.3 Å². The van der Waals surface area contributed by atoms with E-state index in [2.05, 4.69) is 11.0 Å². The number of carbonyl (C=O) groups is 1. The molecule has 26 heavy (non-hydrogen) atoms. The van der Waals surface area contributed by atoms with Gasteiger partial charge in [-0.2, -0.15) is 0 Å². The van der Waals surface area contributed by atoms with Gasteiger partial charge in [-0.1, -0.05) is 12.1 Å². The lowest BCUT2D eigenvalue weighted by Gasteiger charge is -2.26. The predicted octanol–water partition coefficient (Wildman–Crippen LogP) is 3.38. The van der Waals surface area contributed by atoms with Gasteiger partial charge in [-0.3, -0.25) is 4.79 Å². The van der Waals surface area contributed by atoms with Crippen molar-refractivity contribution in [3.05, 3.63) is 35.1 Å². The summed E-state index contributed by atoms with van der Waals surface area (Å²) in [7, 11) is 0. The molecular formula is C21H28N2O3. The number of rotatable bonds is 3. The van der Waals surface area contributed by atoms with Gasteiger partial charge in [0.2, 0.25) is 0 Å². The molecule has 1 aromatic carbocycles. The molecule has 2 fully saturated rings. The Kier molecular flexibility index (Phi) is 5.00. The van der Waals surface area contributed by atoms with Crippen molar-refractivity contribution in [3.8, 4) is 0 Å². The number of benzene rings is 1. The minimum absolute atomic E-state index is 0.00623. The van der Waals surface area contributed by atoms with E-state index in [1.165, 1.54) is 12.8 Å². The molecule has 1 amide bonds. The van der Waals surface area contributed by atoms with Gasteiger partial charge in [0, 0.05) is 37.2 Å². The molecule has 140 valence electrons. The van der Waals surface area contributed by atoms with E-state index in [1.54, 1.807) is 0 Å². The number of hydrogen-bond donors (Lipinski definition) is 0. The molecule has 0 bridgehead atoms. The summed E-state index contributed by atoms with van der Waals surface area (Å²) in [5.41, 5.74) is 2.87. The molecule has 1 aromatic heterocycles. The Bertz CT molecular complexity index is 792. The molecule has 4 rings (SSSR count). The van der Waals surface area contributed by atoms with Crippen LogP contribution in [0.1, 0.15) is 40.9 Å². The highest BCUT2D eigenvalue weighted by Crippen LogP contribution is 2.27. The van der Waals surface area contributed by atoms with Crippen molar-refractivity contribution < 1.29 is 13.9 Å². The molecular weight excluding hydrogens is 328 g/mol. The Morgan fingerprint density at radius 3 is 2.77 bits per heavy atom. The van der Waals surface area contributed by atoms with E-state index in [4.69, 9.17) is 9.15 Å². The summed E-state index contributed by atoms with van der Waals surface area (Å²) < 4.78 is 12.0. The fraction of sp³-hybridized carbons (Fsp3) is 0.571. The maximum Gasteiger partial charge on any atom is 0.289 e. The van der Waals surface area contributed by atoms with Crippen LogP contribution in [-0.2, 0) is 4.74 Å². The lowest BCUT2D eigenvalue weighted by atomic mass is 10.1. The minimum Gasteiger partial charge on any atom is -0.451 e. The molecule has 0 aliphatic carbocycles. The Balaban J connectivity index is 1.53. The number of amides is 1. The molecule has 0 radical (unpaired) electrons. The van der Waals surface area contributed by atoms with Gasteiger partial charge in [-0.15, -0.1) is 0 Å². The van der Waals surface area contributed by atoms with Crippen LogP contribution in [0, 0.1) is 13.8 Å². The van der Waals surface area contributed by atoms with Gasteiger partial charge in [0.1, 0.15) is 5.58 Å². The first-order valence-corrected chi connectivity index (χ1v) is 9.75. The summed E-state index contributed by atoms with van der Waals surface area (Å²) in [5, 5.41) is 1.03. The molecule has 1 atom stereocenters. The summed E-state index contributed by atoms with van der Waals surface area (Å²) in [4.78, 5) is 17.5. The van der Waals surface area contributed by atoms with Crippen LogP contribution >= 0.6 is 0 Å². The molecule has 2 saturated heterocycles. The Morgan fingerprint density at radius 2 is 1.96 bits per heavy atom. The monoisotopic (exact) mass is 356 g/mol. The largest absolute Gasteiger partial charge is 0.451 e. The Labute approximate surface area is 154 Å². The lowest BCUT2D eigenvalue weighted by molar-refractivity contribution is 0.0291. The normalized spacial score (nSPS) is 22.1. The Hall–Kier alpha value is -1.85. The van der Waals surface area contributed by atoms with Gasteiger partial charge in [0.15, 0.2) is 5.76 Å². The van der Waals surface area contributed by atoms with E-state index in [-0.39, 0.29) is 12.0 Å². The van der Waals surface area contributed by atoms with E-state index in [1.807, 2.05) is 30.9 Å². The number of aryl methyl sites for hydroxylation is 2. The summed E-state index contributed by atoms with van der Waals surface area (Å²) >= 11 is 0. The van der Waals surface area contributed by atoms with Crippen molar-refractivity contribution in [3.63, 3.8) is 0 Å². The van der Waals surface area contributed by atoms with Crippen molar-refractivity contribution in [2.75, 3.05) is 39.3 Å². The topological polar surface area (TPSA) is 45.9 Å². The zero-order chi connectivity index (χ0) is 18.1. The summed E-state index contributed by atoms with van der Waals surface area (Å²) in [5.74, 6) is 0.473. The molecule has 5 nitrogen and oxygen atoms in total. The maximum absolute atomic E-state index is 13.2. The molecule has 0 spiro atoms. The molecule has 0 N–H and O–H groups in total. The van der Waals surface area contributed by atoms with Crippen LogP contribution in [0.3, 0.4) is 0 Å². The third-order valence-corrected chi connectivity index (χ3v) is 5.59. The number of likely N-dealkylation sites (tertiary alicyclic amines) is 1. The smallest absolute Gasteiger partial charge is 0.289 e. The number of hydrogen-bond acceptors (Lipinski definition) is 4. The van der Waals surface area contributed by atoms with Crippen molar-refractivity contribution in [2.24, 2.45) is 0 Å². The molecule has 2 aliphatic heterocycles. The molecule has 0 saturated carbocycles. The number of fused-ring (bicyclic) bond motifs is 1. The Morgan fingerprint density at radius 1 is 1.15 bits per heavy atom. The van der Waals surface area contributed by atoms with Gasteiger partial charge < -0.3 is 19.0 Å². The molecule has 2 aliphatic rings. The van der Waals surface area contributed by atoms with E-state index >= 15 is 0 Å². The van der Waals surface area contributed by atoms with Crippen LogP contribution in [0.25, 0.3) is 11.0 Å². The second-order valence-corrected chi connectivity index (χ2v) is 7.66. The van der Waals surface area contributed by atoms with Gasteiger partial charge >= 0.3 is 0 Å². The summed E-state index contributed by atoms with van der Waals surface area (Å²) in [6.07, 6.45) is 3.51. The summed E-state index contributed by atoms with van der Waals surface area (Å²) in [6, 6.07) is 6.10. The van der Waals surface area contributed by atoms with Gasteiger partial charge in [0.05, 0.1) is 6.10 Å². The second kappa shape index (κ2) is 7.41. The number of ether oxygens (including phenoxy) is 1. The van der Waals surface area contributed by atoms with Crippen LogP contribution in [0.2, 0.25) is 0 Å². The van der Waals surface area contributed by atoms with Crippen molar-refractivity contribution in [1.82, 2.24) is 9.80 Å². The average Bonchev–Trinajstić information content (AvgIpc) is 3.17. The minimum atomic E-state index is -0.00623. The van der Waals surface area contributed by atoms with Crippen molar-refractivity contribution >= 4 is 16.9 Å². The SMILES string of the molecule is Cc1ccc2c(C)c(C(=O)N3CCCO[C@@H](CN4CCCC4)C3)oc2c1. The first kappa shape index (κ1) is 17.6. The number of carbonyl (C=O) groups excluding carboxylic acids is 1. The molecule has 2 aromatic rings. The van der Waals surface area contributed by atoms with Crippen LogP contribution in [0.5, 0.6) is 0 Å². The van der Waals surface area contributed by atoms with Crippen molar-refractivity contribution in [2.45, 2.75) is 39.2 Å². The van der Waals surface area contributed by atoms with Gasteiger partial charge in [-0.05, 0) is 57.8 Å². The van der Waals surface area contributed by atoms with Crippen LogP contribution in [-0.4, -0.2) is 61.1 Å². The fourth-order valence-electron chi connectivity index (χ4n) is 4.12. The highest BCUT2D eigenvalue weighted by atomic mass is 16.5. The highest BCUT2D eigenvalue weighted by Gasteiger charge is 2.29. The number of nitrogens with zero attached hydrogens (tertiary/aromatic N) is 2. The van der Waals surface area contributed by atoms with Crippen LogP contribution in [0.4, 0.5) is 0 Å². The fourth-order valence-corrected chi connectivity index (χ4v) is 4.12. The second-order valence-electron chi connectivity index (χ2n) is 7.66. The molecule has 0 unspecified atom stereocenters. The lowest BCUT2D eigenvalue weighted by Crippen LogP contribution is -2.41. The first-order chi connectivity index (χ1) is 12.6. The average molecular weight is 356 g/mol. The maximum atomic E-state index is 13.2. The zero-order valence-electron chi connectivity index (χ0n) is 15.8. The van der Waals surface area contributed by atoms with Crippen molar-refractivity contribution in [1.29, 1.82) is 0 Å². The molecule has 3 heterocycles. The van der Waals surface area contributed by atoms with Crippen LogP contribution in [0.15, 0.2) is 22.6 Å². The quantitative estimate of drug-likeness (QED) is 0.846. The van der Waals surface area contributed by atoms with E-state index in [9.17, 15) is 4.79 Å². The molecule has 5 heteroatoms. The zero-order valence-corrected chi connectivity index (χ0v) is 15.8. The third-order valence-electron chi connectivity index (χ3n) is 5.59. The highest BCUT2D eigenvalue weighted by molar-refractivity contribution is 5.99. The predicted molar refractivity (Wildman–Crippen MR) is 102 cm³/mol. The first-order valence-electron chi connectivity index (χ1n) is 9.75. The number of furan rings is 1. The summed E-state index contributed by atoms with van der Waals surface area (Å²) in [6.45, 7) is 9.32. The van der Waals surface area contributed by atoms with E-state index < -0.39 is 0 Å².